The van der Waals surface area contributed by atoms with Gasteiger partial charge in [-0.25, -0.2) is 4.99 Å². The fraction of sp³-hybridized carbons (Fsp3) is 0.545. The van der Waals surface area contributed by atoms with Crippen molar-refractivity contribution >= 4 is 5.90 Å². The highest BCUT2D eigenvalue weighted by molar-refractivity contribution is 5.94. The minimum Gasteiger partial charge on any atom is -0.493 e. The maximum atomic E-state index is 6.03. The first-order valence-electron chi connectivity index (χ1n) is 10.1. The minimum atomic E-state index is 0.663. The normalized spacial score (nSPS) is 22.3. The van der Waals surface area contributed by atoms with Gasteiger partial charge in [0.2, 0.25) is 5.90 Å². The van der Waals surface area contributed by atoms with Crippen molar-refractivity contribution in [2.75, 3.05) is 19.8 Å². The molecule has 5 heteroatoms. The smallest absolute Gasteiger partial charge is 0.216 e. The van der Waals surface area contributed by atoms with Gasteiger partial charge in [0.15, 0.2) is 0 Å². The van der Waals surface area contributed by atoms with Crippen LogP contribution in [-0.2, 0) is 11.2 Å². The molecular formula is C22H28N2O3. The molecule has 0 atom stereocenters. The summed E-state index contributed by atoms with van der Waals surface area (Å²) in [5.41, 5.74) is 2.00. The number of rotatable bonds is 7. The van der Waals surface area contributed by atoms with E-state index in [1.165, 1.54) is 32.1 Å². The van der Waals surface area contributed by atoms with Crippen molar-refractivity contribution in [3.05, 3.63) is 47.3 Å². The molecule has 0 saturated heterocycles. The molecule has 0 radical (unpaired) electrons. The van der Waals surface area contributed by atoms with E-state index in [2.05, 4.69) is 16.2 Å². The second kappa shape index (κ2) is 8.59. The highest BCUT2D eigenvalue weighted by Crippen LogP contribution is 2.32. The second-order valence-corrected chi connectivity index (χ2v) is 7.73. The van der Waals surface area contributed by atoms with Gasteiger partial charge in [-0.05, 0) is 62.3 Å². The average molecular weight is 368 g/mol. The topological polar surface area (TPSA) is 56.9 Å². The molecule has 144 valence electrons. The van der Waals surface area contributed by atoms with Crippen LogP contribution in [0.5, 0.6) is 5.75 Å². The lowest BCUT2D eigenvalue weighted by Gasteiger charge is -2.28. The zero-order valence-electron chi connectivity index (χ0n) is 16.0. The van der Waals surface area contributed by atoms with E-state index in [4.69, 9.17) is 14.0 Å². The fourth-order valence-corrected chi connectivity index (χ4v) is 3.98. The Bertz CT molecular complexity index is 758. The SMILES string of the molecule is Cc1cc(CCC2CCC(COc3ccc(C4=NCCO4)cc3)CC2)on1. The van der Waals surface area contributed by atoms with Crippen molar-refractivity contribution in [2.45, 2.75) is 45.4 Å². The summed E-state index contributed by atoms with van der Waals surface area (Å²) in [6.45, 7) is 4.23. The first-order valence-corrected chi connectivity index (χ1v) is 10.1. The number of ether oxygens (including phenoxy) is 2. The van der Waals surface area contributed by atoms with Crippen molar-refractivity contribution in [3.8, 4) is 5.75 Å². The first kappa shape index (κ1) is 18.1. The minimum absolute atomic E-state index is 0.663. The second-order valence-electron chi connectivity index (χ2n) is 7.73. The summed E-state index contributed by atoms with van der Waals surface area (Å²) >= 11 is 0. The average Bonchev–Trinajstić information content (AvgIpc) is 3.38. The standard InChI is InChI=1S/C22H28N2O3/c1-16-14-21(27-24-16)9-6-17-2-4-18(5-3-17)15-26-20-10-7-19(8-11-20)22-23-12-13-25-22/h7-8,10-11,14,17-18H,2-6,9,12-13,15H2,1H3. The van der Waals surface area contributed by atoms with Gasteiger partial charge in [0.1, 0.15) is 18.1 Å². The van der Waals surface area contributed by atoms with Crippen LogP contribution < -0.4 is 4.74 Å². The first-order chi connectivity index (χ1) is 13.3. The third-order valence-electron chi connectivity index (χ3n) is 5.61. The summed E-state index contributed by atoms with van der Waals surface area (Å²) in [6, 6.07) is 10.1. The molecule has 0 amide bonds. The molecule has 4 rings (SSSR count). The maximum Gasteiger partial charge on any atom is 0.216 e. The molecule has 1 aromatic carbocycles. The Kier molecular flexibility index (Phi) is 5.75. The monoisotopic (exact) mass is 368 g/mol. The number of hydrogen-bond donors (Lipinski definition) is 0. The van der Waals surface area contributed by atoms with Crippen LogP contribution in [0.15, 0.2) is 39.8 Å². The number of nitrogens with zero attached hydrogens (tertiary/aromatic N) is 2. The zero-order valence-corrected chi connectivity index (χ0v) is 16.0. The quantitative estimate of drug-likeness (QED) is 0.718. The third kappa shape index (κ3) is 4.90. The molecule has 2 aromatic rings. The van der Waals surface area contributed by atoms with E-state index in [0.717, 1.165) is 54.2 Å². The zero-order chi connectivity index (χ0) is 18.5. The summed E-state index contributed by atoms with van der Waals surface area (Å²) in [5.74, 6) is 4.17. The van der Waals surface area contributed by atoms with Crippen LogP contribution in [0.2, 0.25) is 0 Å². The molecule has 1 aliphatic heterocycles. The van der Waals surface area contributed by atoms with Gasteiger partial charge in [-0.3, -0.25) is 0 Å². The molecule has 1 aliphatic carbocycles. The van der Waals surface area contributed by atoms with E-state index in [1.807, 2.05) is 31.2 Å². The van der Waals surface area contributed by atoms with Gasteiger partial charge in [-0.15, -0.1) is 0 Å². The highest BCUT2D eigenvalue weighted by Gasteiger charge is 2.22. The molecule has 27 heavy (non-hydrogen) atoms. The summed E-state index contributed by atoms with van der Waals surface area (Å²) in [4.78, 5) is 4.34. The molecule has 1 saturated carbocycles. The lowest BCUT2D eigenvalue weighted by molar-refractivity contribution is 0.178. The Morgan fingerprint density at radius 1 is 1.07 bits per heavy atom. The van der Waals surface area contributed by atoms with Crippen LogP contribution in [0.3, 0.4) is 0 Å². The Labute approximate surface area is 160 Å². The van der Waals surface area contributed by atoms with Gasteiger partial charge in [0.05, 0.1) is 18.8 Å². The number of aromatic nitrogens is 1. The maximum absolute atomic E-state index is 6.03. The van der Waals surface area contributed by atoms with Crippen LogP contribution in [0, 0.1) is 18.8 Å². The molecule has 0 bridgehead atoms. The van der Waals surface area contributed by atoms with Crippen LogP contribution in [-0.4, -0.2) is 30.8 Å². The van der Waals surface area contributed by atoms with Gasteiger partial charge in [-0.2, -0.15) is 0 Å². The van der Waals surface area contributed by atoms with E-state index >= 15 is 0 Å². The summed E-state index contributed by atoms with van der Waals surface area (Å²) in [5, 5.41) is 3.97. The van der Waals surface area contributed by atoms with Crippen molar-refractivity contribution in [3.63, 3.8) is 0 Å². The van der Waals surface area contributed by atoms with Gasteiger partial charge < -0.3 is 14.0 Å². The third-order valence-corrected chi connectivity index (χ3v) is 5.61. The predicted octanol–water partition coefficient (Wildman–Crippen LogP) is 4.58. The molecule has 1 fully saturated rings. The summed E-state index contributed by atoms with van der Waals surface area (Å²) in [6.07, 6.45) is 7.30. The number of aryl methyl sites for hydroxylation is 2. The molecule has 1 aromatic heterocycles. The van der Waals surface area contributed by atoms with Crippen molar-refractivity contribution in [1.82, 2.24) is 5.16 Å². The van der Waals surface area contributed by atoms with E-state index in [1.54, 1.807) is 0 Å². The molecule has 5 nitrogen and oxygen atoms in total. The van der Waals surface area contributed by atoms with Crippen molar-refractivity contribution < 1.29 is 14.0 Å². The van der Waals surface area contributed by atoms with Crippen LogP contribution in [0.1, 0.15) is 49.1 Å². The van der Waals surface area contributed by atoms with Gasteiger partial charge in [0.25, 0.3) is 0 Å². The molecule has 0 spiro atoms. The van der Waals surface area contributed by atoms with Crippen molar-refractivity contribution in [1.29, 1.82) is 0 Å². The fourth-order valence-electron chi connectivity index (χ4n) is 3.98. The molecule has 2 heterocycles. The lowest BCUT2D eigenvalue weighted by Crippen LogP contribution is -2.20. The molecule has 0 unspecified atom stereocenters. The van der Waals surface area contributed by atoms with E-state index in [0.29, 0.717) is 12.5 Å². The number of hydrogen-bond acceptors (Lipinski definition) is 5. The van der Waals surface area contributed by atoms with Crippen molar-refractivity contribution in [2.24, 2.45) is 16.8 Å². The van der Waals surface area contributed by atoms with E-state index in [9.17, 15) is 0 Å². The predicted molar refractivity (Wildman–Crippen MR) is 104 cm³/mol. The van der Waals surface area contributed by atoms with Gasteiger partial charge >= 0.3 is 0 Å². The van der Waals surface area contributed by atoms with E-state index < -0.39 is 0 Å². The Morgan fingerprint density at radius 3 is 2.52 bits per heavy atom. The molecular weight excluding hydrogens is 340 g/mol. The summed E-state index contributed by atoms with van der Waals surface area (Å²) in [7, 11) is 0. The number of benzene rings is 1. The Morgan fingerprint density at radius 2 is 1.85 bits per heavy atom. The van der Waals surface area contributed by atoms with Crippen LogP contribution in [0.4, 0.5) is 0 Å². The van der Waals surface area contributed by atoms with Gasteiger partial charge in [0, 0.05) is 18.1 Å². The van der Waals surface area contributed by atoms with Crippen LogP contribution >= 0.6 is 0 Å². The summed E-state index contributed by atoms with van der Waals surface area (Å²) < 4.78 is 16.8. The Balaban J connectivity index is 1.17. The Hall–Kier alpha value is -2.30. The van der Waals surface area contributed by atoms with Crippen LogP contribution in [0.25, 0.3) is 0 Å². The number of aliphatic imine (C=N–C) groups is 1. The molecule has 2 aliphatic rings. The highest BCUT2D eigenvalue weighted by atomic mass is 16.5. The lowest BCUT2D eigenvalue weighted by atomic mass is 9.80. The molecule has 0 N–H and O–H groups in total. The van der Waals surface area contributed by atoms with Gasteiger partial charge in [-0.1, -0.05) is 18.0 Å². The van der Waals surface area contributed by atoms with E-state index in [-0.39, 0.29) is 0 Å². The largest absolute Gasteiger partial charge is 0.493 e.